The van der Waals surface area contributed by atoms with Crippen LogP contribution in [0.4, 0.5) is 5.69 Å². The smallest absolute Gasteiger partial charge is 0.205 e. The maximum Gasteiger partial charge on any atom is 0.205 e. The highest BCUT2D eigenvalue weighted by Gasteiger charge is 2.23. The molecule has 2 heterocycles. The van der Waals surface area contributed by atoms with Crippen molar-refractivity contribution in [2.24, 2.45) is 0 Å². The van der Waals surface area contributed by atoms with Crippen LogP contribution in [0.2, 0.25) is 0 Å². The Morgan fingerprint density at radius 1 is 1.19 bits per heavy atom. The molecule has 4 heteroatoms. The van der Waals surface area contributed by atoms with Gasteiger partial charge in [0.2, 0.25) is 5.75 Å². The molecule has 0 fully saturated rings. The number of benzene rings is 1. The zero-order chi connectivity index (χ0) is 11.0. The molecule has 2 N–H and O–H groups in total. The van der Waals surface area contributed by atoms with Crippen molar-refractivity contribution in [3.05, 3.63) is 11.6 Å². The molecule has 0 aliphatic carbocycles. The lowest BCUT2D eigenvalue weighted by Gasteiger charge is -2.21. The molecule has 1 aromatic rings. The van der Waals surface area contributed by atoms with Crippen molar-refractivity contribution in [1.82, 2.24) is 0 Å². The molecule has 2 aliphatic rings. The minimum atomic E-state index is 0.203. The van der Waals surface area contributed by atoms with Crippen molar-refractivity contribution >= 4 is 5.69 Å². The van der Waals surface area contributed by atoms with Crippen LogP contribution in [0.5, 0.6) is 17.2 Å². The van der Waals surface area contributed by atoms with E-state index in [1.165, 1.54) is 0 Å². The predicted octanol–water partition coefficient (Wildman–Crippen LogP) is 1.91. The third-order valence-electron chi connectivity index (χ3n) is 3.02. The van der Waals surface area contributed by atoms with Crippen LogP contribution >= 0.6 is 0 Å². The van der Waals surface area contributed by atoms with Gasteiger partial charge in [-0.3, -0.25) is 0 Å². The first-order chi connectivity index (χ1) is 7.86. The second kappa shape index (κ2) is 3.77. The molecule has 0 radical (unpaired) electrons. The molecular weight excluding hydrogens is 206 g/mol. The van der Waals surface area contributed by atoms with Gasteiger partial charge >= 0.3 is 0 Å². The minimum absolute atomic E-state index is 0.203. The van der Waals surface area contributed by atoms with Crippen molar-refractivity contribution in [2.75, 3.05) is 25.1 Å². The monoisotopic (exact) mass is 221 g/mol. The zero-order valence-corrected chi connectivity index (χ0v) is 9.08. The Hall–Kier alpha value is -1.58. The van der Waals surface area contributed by atoms with Gasteiger partial charge in [0.25, 0.3) is 0 Å². The summed E-state index contributed by atoms with van der Waals surface area (Å²) in [7, 11) is 0. The van der Waals surface area contributed by atoms with Crippen LogP contribution in [-0.2, 0) is 6.42 Å². The summed E-state index contributed by atoms with van der Waals surface area (Å²) in [6.07, 6.45) is 2.92. The van der Waals surface area contributed by atoms with E-state index >= 15 is 0 Å². The van der Waals surface area contributed by atoms with Crippen LogP contribution in [0, 0.1) is 0 Å². The van der Waals surface area contributed by atoms with Crippen molar-refractivity contribution in [3.63, 3.8) is 0 Å². The molecule has 0 saturated heterocycles. The Balaban J connectivity index is 2.12. The maximum absolute atomic E-state index is 10.1. The van der Waals surface area contributed by atoms with E-state index in [1.54, 1.807) is 0 Å². The molecule has 0 saturated carbocycles. The topological polar surface area (TPSA) is 50.7 Å². The van der Waals surface area contributed by atoms with E-state index < -0.39 is 0 Å². The quantitative estimate of drug-likeness (QED) is 0.657. The van der Waals surface area contributed by atoms with Gasteiger partial charge in [0, 0.05) is 13.0 Å². The summed E-state index contributed by atoms with van der Waals surface area (Å²) in [4.78, 5) is 0. The predicted molar refractivity (Wildman–Crippen MR) is 60.5 cm³/mol. The van der Waals surface area contributed by atoms with E-state index in [2.05, 4.69) is 5.32 Å². The van der Waals surface area contributed by atoms with Crippen molar-refractivity contribution in [1.29, 1.82) is 0 Å². The number of fused-ring (bicyclic) bond motifs is 2. The highest BCUT2D eigenvalue weighted by molar-refractivity contribution is 5.72. The zero-order valence-electron chi connectivity index (χ0n) is 9.08. The lowest BCUT2D eigenvalue weighted by molar-refractivity contribution is 0.291. The molecule has 0 aromatic heterocycles. The van der Waals surface area contributed by atoms with Crippen molar-refractivity contribution < 1.29 is 14.6 Å². The summed E-state index contributed by atoms with van der Waals surface area (Å²) in [5.41, 5.74) is 1.93. The second-order valence-electron chi connectivity index (χ2n) is 4.17. The van der Waals surface area contributed by atoms with E-state index in [4.69, 9.17) is 9.47 Å². The molecular formula is C12H15NO3. The third kappa shape index (κ3) is 1.45. The molecule has 16 heavy (non-hydrogen) atoms. The van der Waals surface area contributed by atoms with Gasteiger partial charge in [-0.05, 0) is 24.5 Å². The number of nitrogens with one attached hydrogen (secondary N) is 1. The molecule has 0 amide bonds. The molecule has 2 aliphatic heterocycles. The van der Waals surface area contributed by atoms with E-state index in [9.17, 15) is 5.11 Å². The summed E-state index contributed by atoms with van der Waals surface area (Å²) < 4.78 is 11.1. The first kappa shape index (κ1) is 9.63. The van der Waals surface area contributed by atoms with Gasteiger partial charge in [-0.2, -0.15) is 0 Å². The van der Waals surface area contributed by atoms with Gasteiger partial charge in [0.05, 0.1) is 18.9 Å². The van der Waals surface area contributed by atoms with Gasteiger partial charge < -0.3 is 19.9 Å². The number of ether oxygens (including phenoxy) is 2. The number of hydrogen-bond donors (Lipinski definition) is 2. The largest absolute Gasteiger partial charge is 0.503 e. The van der Waals surface area contributed by atoms with E-state index in [-0.39, 0.29) is 5.75 Å². The molecule has 0 bridgehead atoms. The fraction of sp³-hybridized carbons (Fsp3) is 0.500. The SMILES string of the molecule is Oc1c2c(cc3c1OCCCO3)CCCN2. The normalized spacial score (nSPS) is 18.2. The van der Waals surface area contributed by atoms with Crippen LogP contribution in [0.1, 0.15) is 18.4 Å². The van der Waals surface area contributed by atoms with Gasteiger partial charge in [-0.25, -0.2) is 0 Å². The van der Waals surface area contributed by atoms with Crippen LogP contribution in [0.25, 0.3) is 0 Å². The van der Waals surface area contributed by atoms with E-state index in [0.29, 0.717) is 24.7 Å². The first-order valence-corrected chi connectivity index (χ1v) is 5.74. The summed E-state index contributed by atoms with van der Waals surface area (Å²) in [5.74, 6) is 1.37. The van der Waals surface area contributed by atoms with E-state index in [0.717, 1.165) is 37.1 Å². The number of rotatable bonds is 0. The Morgan fingerprint density at radius 2 is 2.06 bits per heavy atom. The summed E-state index contributed by atoms with van der Waals surface area (Å²) in [5, 5.41) is 13.4. The Labute approximate surface area is 94.2 Å². The first-order valence-electron chi connectivity index (χ1n) is 5.74. The Bertz CT molecular complexity index is 417. The van der Waals surface area contributed by atoms with E-state index in [1.807, 2.05) is 6.07 Å². The highest BCUT2D eigenvalue weighted by atomic mass is 16.5. The van der Waals surface area contributed by atoms with Crippen molar-refractivity contribution in [3.8, 4) is 17.2 Å². The lowest BCUT2D eigenvalue weighted by atomic mass is 10.0. The number of phenols is 1. The van der Waals surface area contributed by atoms with Gasteiger partial charge in [-0.1, -0.05) is 0 Å². The summed E-state index contributed by atoms with van der Waals surface area (Å²) >= 11 is 0. The molecule has 86 valence electrons. The Kier molecular flexibility index (Phi) is 2.27. The summed E-state index contributed by atoms with van der Waals surface area (Å²) in [6, 6.07) is 1.99. The van der Waals surface area contributed by atoms with Gasteiger partial charge in [0.1, 0.15) is 0 Å². The molecule has 0 spiro atoms. The molecule has 0 atom stereocenters. The fourth-order valence-electron chi connectivity index (χ4n) is 2.23. The molecule has 4 nitrogen and oxygen atoms in total. The van der Waals surface area contributed by atoms with Crippen LogP contribution in [-0.4, -0.2) is 24.9 Å². The third-order valence-corrected chi connectivity index (χ3v) is 3.02. The molecule has 1 aromatic carbocycles. The average molecular weight is 221 g/mol. The molecule has 0 unspecified atom stereocenters. The van der Waals surface area contributed by atoms with Crippen LogP contribution < -0.4 is 14.8 Å². The maximum atomic E-state index is 10.1. The number of phenolic OH excluding ortho intramolecular Hbond substituents is 1. The number of aryl methyl sites for hydroxylation is 1. The summed E-state index contributed by atoms with van der Waals surface area (Å²) in [6.45, 7) is 2.15. The average Bonchev–Trinajstić information content (AvgIpc) is 2.55. The fourth-order valence-corrected chi connectivity index (χ4v) is 2.23. The number of anilines is 1. The standard InChI is InChI=1S/C12H15NO3/c14-11-10-8(3-1-4-13-10)7-9-12(11)16-6-2-5-15-9/h7,13-14H,1-6H2. The van der Waals surface area contributed by atoms with Crippen LogP contribution in [0.3, 0.4) is 0 Å². The van der Waals surface area contributed by atoms with Gasteiger partial charge in [-0.15, -0.1) is 0 Å². The Morgan fingerprint density at radius 3 is 3.00 bits per heavy atom. The van der Waals surface area contributed by atoms with Crippen molar-refractivity contribution in [2.45, 2.75) is 19.3 Å². The minimum Gasteiger partial charge on any atom is -0.503 e. The van der Waals surface area contributed by atoms with Crippen LogP contribution in [0.15, 0.2) is 6.07 Å². The second-order valence-corrected chi connectivity index (χ2v) is 4.17. The number of hydrogen-bond acceptors (Lipinski definition) is 4. The van der Waals surface area contributed by atoms with Gasteiger partial charge in [0.15, 0.2) is 11.5 Å². The number of aromatic hydroxyl groups is 1. The lowest BCUT2D eigenvalue weighted by Crippen LogP contribution is -2.12. The molecule has 3 rings (SSSR count). The highest BCUT2D eigenvalue weighted by Crippen LogP contribution is 2.46.